The quantitative estimate of drug-likeness (QED) is 0.808. The van der Waals surface area contributed by atoms with Crippen molar-refractivity contribution in [2.75, 3.05) is 5.73 Å². The third-order valence-electron chi connectivity index (χ3n) is 3.19. The highest BCUT2D eigenvalue weighted by atomic mass is 16.3. The Kier molecular flexibility index (Phi) is 4.00. The Bertz CT molecular complexity index is 508. The molecule has 0 heterocycles. The van der Waals surface area contributed by atoms with E-state index in [1.54, 1.807) is 0 Å². The number of hydrogen-bond acceptors (Lipinski definition) is 2. The van der Waals surface area contributed by atoms with Gasteiger partial charge in [0.2, 0.25) is 0 Å². The molecular weight excluding hydrogens is 222 g/mol. The number of aliphatic hydroxyl groups excluding tert-OH is 1. The summed E-state index contributed by atoms with van der Waals surface area (Å²) in [4.78, 5) is 0. The minimum absolute atomic E-state index is 0.543. The molecule has 0 spiro atoms. The van der Waals surface area contributed by atoms with Crippen LogP contribution in [0.1, 0.15) is 29.7 Å². The minimum Gasteiger partial charge on any atom is -0.398 e. The number of aliphatic hydroxyl groups is 1. The first-order chi connectivity index (χ1) is 8.70. The lowest BCUT2D eigenvalue weighted by Crippen LogP contribution is -2.06. The van der Waals surface area contributed by atoms with E-state index in [1.807, 2.05) is 48.5 Å². The molecule has 2 rings (SSSR count). The van der Waals surface area contributed by atoms with Crippen molar-refractivity contribution in [2.24, 2.45) is 0 Å². The highest BCUT2D eigenvalue weighted by Crippen LogP contribution is 2.25. The number of nitrogens with two attached hydrogens (primary N) is 1. The SMILES string of the molecule is CCc1ccc(N)c(C(O)Cc2ccccc2)c1. The summed E-state index contributed by atoms with van der Waals surface area (Å²) in [5, 5.41) is 10.3. The third kappa shape index (κ3) is 2.90. The summed E-state index contributed by atoms with van der Waals surface area (Å²) in [6.07, 6.45) is 1.00. The number of nitrogen functional groups attached to an aromatic ring is 1. The highest BCUT2D eigenvalue weighted by molar-refractivity contribution is 5.50. The largest absolute Gasteiger partial charge is 0.398 e. The van der Waals surface area contributed by atoms with Crippen molar-refractivity contribution in [3.8, 4) is 0 Å². The summed E-state index contributed by atoms with van der Waals surface area (Å²) in [6, 6.07) is 15.9. The second kappa shape index (κ2) is 5.69. The highest BCUT2D eigenvalue weighted by Gasteiger charge is 2.12. The lowest BCUT2D eigenvalue weighted by molar-refractivity contribution is 0.179. The molecule has 0 radical (unpaired) electrons. The monoisotopic (exact) mass is 241 g/mol. The van der Waals surface area contributed by atoms with Crippen molar-refractivity contribution in [1.82, 2.24) is 0 Å². The van der Waals surface area contributed by atoms with Gasteiger partial charge in [0.1, 0.15) is 0 Å². The molecule has 0 bridgehead atoms. The van der Waals surface area contributed by atoms with Gasteiger partial charge < -0.3 is 10.8 Å². The van der Waals surface area contributed by atoms with Crippen molar-refractivity contribution in [3.05, 3.63) is 65.2 Å². The summed E-state index contributed by atoms with van der Waals surface area (Å²) in [7, 11) is 0. The van der Waals surface area contributed by atoms with E-state index in [0.29, 0.717) is 12.1 Å². The number of aryl methyl sites for hydroxylation is 1. The molecule has 3 N–H and O–H groups in total. The van der Waals surface area contributed by atoms with Crippen LogP contribution in [-0.4, -0.2) is 5.11 Å². The Balaban J connectivity index is 2.20. The van der Waals surface area contributed by atoms with Crippen LogP contribution in [0.3, 0.4) is 0 Å². The lowest BCUT2D eigenvalue weighted by atomic mass is 9.97. The Labute approximate surface area is 108 Å². The van der Waals surface area contributed by atoms with Crippen LogP contribution in [0.5, 0.6) is 0 Å². The van der Waals surface area contributed by atoms with Crippen LogP contribution in [0.4, 0.5) is 5.69 Å². The van der Waals surface area contributed by atoms with Crippen LogP contribution >= 0.6 is 0 Å². The molecule has 2 aromatic carbocycles. The van der Waals surface area contributed by atoms with E-state index >= 15 is 0 Å². The first-order valence-corrected chi connectivity index (χ1v) is 6.31. The third-order valence-corrected chi connectivity index (χ3v) is 3.19. The summed E-state index contributed by atoms with van der Waals surface area (Å²) in [6.45, 7) is 2.10. The first-order valence-electron chi connectivity index (χ1n) is 6.31. The molecule has 94 valence electrons. The predicted molar refractivity (Wildman–Crippen MR) is 75.3 cm³/mol. The number of benzene rings is 2. The van der Waals surface area contributed by atoms with E-state index in [-0.39, 0.29) is 0 Å². The molecule has 0 aliphatic heterocycles. The Morgan fingerprint density at radius 1 is 1.06 bits per heavy atom. The van der Waals surface area contributed by atoms with Crippen LogP contribution in [0.25, 0.3) is 0 Å². The van der Waals surface area contributed by atoms with Gasteiger partial charge in [0.15, 0.2) is 0 Å². The molecule has 0 aromatic heterocycles. The molecule has 0 aliphatic carbocycles. The summed E-state index contributed by atoms with van der Waals surface area (Å²) in [5.41, 5.74) is 9.75. The molecule has 0 saturated carbocycles. The summed E-state index contributed by atoms with van der Waals surface area (Å²) in [5.74, 6) is 0. The van der Waals surface area contributed by atoms with E-state index < -0.39 is 6.10 Å². The molecule has 0 saturated heterocycles. The molecule has 0 aliphatic rings. The first kappa shape index (κ1) is 12.7. The molecular formula is C16H19NO. The standard InChI is InChI=1S/C16H19NO/c1-2-12-8-9-15(17)14(10-12)16(18)11-13-6-4-3-5-7-13/h3-10,16,18H,2,11,17H2,1H3. The topological polar surface area (TPSA) is 46.2 Å². The van der Waals surface area contributed by atoms with Gasteiger partial charge in [-0.25, -0.2) is 0 Å². The zero-order valence-corrected chi connectivity index (χ0v) is 10.6. The number of rotatable bonds is 4. The average Bonchev–Trinajstić information content (AvgIpc) is 2.40. The lowest BCUT2D eigenvalue weighted by Gasteiger charge is -2.15. The summed E-state index contributed by atoms with van der Waals surface area (Å²) < 4.78 is 0. The molecule has 2 nitrogen and oxygen atoms in total. The van der Waals surface area contributed by atoms with Crippen molar-refractivity contribution in [2.45, 2.75) is 25.9 Å². The van der Waals surface area contributed by atoms with E-state index in [9.17, 15) is 5.11 Å². The van der Waals surface area contributed by atoms with Gasteiger partial charge >= 0.3 is 0 Å². The van der Waals surface area contributed by atoms with Crippen molar-refractivity contribution < 1.29 is 5.11 Å². The fraction of sp³-hybridized carbons (Fsp3) is 0.250. The molecule has 1 unspecified atom stereocenters. The molecule has 2 aromatic rings. The van der Waals surface area contributed by atoms with E-state index in [1.165, 1.54) is 5.56 Å². The van der Waals surface area contributed by atoms with Crippen molar-refractivity contribution in [1.29, 1.82) is 0 Å². The van der Waals surface area contributed by atoms with Gasteiger partial charge in [-0.3, -0.25) is 0 Å². The second-order valence-electron chi connectivity index (χ2n) is 4.52. The fourth-order valence-corrected chi connectivity index (χ4v) is 2.08. The molecule has 1 atom stereocenters. The van der Waals surface area contributed by atoms with Gasteiger partial charge in [0.05, 0.1) is 6.10 Å². The molecule has 18 heavy (non-hydrogen) atoms. The van der Waals surface area contributed by atoms with Crippen LogP contribution in [0.15, 0.2) is 48.5 Å². The smallest absolute Gasteiger partial charge is 0.0850 e. The Morgan fingerprint density at radius 3 is 2.44 bits per heavy atom. The maximum atomic E-state index is 10.3. The minimum atomic E-state index is -0.543. The van der Waals surface area contributed by atoms with Crippen molar-refractivity contribution >= 4 is 5.69 Å². The van der Waals surface area contributed by atoms with E-state index in [4.69, 9.17) is 5.73 Å². The number of hydrogen-bond donors (Lipinski definition) is 2. The zero-order chi connectivity index (χ0) is 13.0. The molecule has 0 amide bonds. The average molecular weight is 241 g/mol. The van der Waals surface area contributed by atoms with Gasteiger partial charge in [0.25, 0.3) is 0 Å². The van der Waals surface area contributed by atoms with Crippen LogP contribution in [0, 0.1) is 0 Å². The van der Waals surface area contributed by atoms with Gasteiger partial charge in [-0.15, -0.1) is 0 Å². The maximum absolute atomic E-state index is 10.3. The number of anilines is 1. The van der Waals surface area contributed by atoms with Crippen LogP contribution < -0.4 is 5.73 Å². The van der Waals surface area contributed by atoms with E-state index in [2.05, 4.69) is 6.92 Å². The Hall–Kier alpha value is -1.80. The molecule has 2 heteroatoms. The van der Waals surface area contributed by atoms with Gasteiger partial charge in [-0.05, 0) is 23.6 Å². The molecule has 0 fully saturated rings. The van der Waals surface area contributed by atoms with Crippen LogP contribution in [-0.2, 0) is 12.8 Å². The van der Waals surface area contributed by atoms with E-state index in [0.717, 1.165) is 17.5 Å². The van der Waals surface area contributed by atoms with Gasteiger partial charge in [-0.2, -0.15) is 0 Å². The maximum Gasteiger partial charge on any atom is 0.0850 e. The van der Waals surface area contributed by atoms with Crippen LogP contribution in [0.2, 0.25) is 0 Å². The predicted octanol–water partition coefficient (Wildman–Crippen LogP) is 3.11. The zero-order valence-electron chi connectivity index (χ0n) is 10.6. The van der Waals surface area contributed by atoms with Gasteiger partial charge in [0, 0.05) is 17.7 Å². The normalized spacial score (nSPS) is 12.3. The van der Waals surface area contributed by atoms with Gasteiger partial charge in [-0.1, -0.05) is 49.4 Å². The fourth-order valence-electron chi connectivity index (χ4n) is 2.08. The second-order valence-corrected chi connectivity index (χ2v) is 4.52. The Morgan fingerprint density at radius 2 is 1.78 bits per heavy atom. The van der Waals surface area contributed by atoms with Crippen molar-refractivity contribution in [3.63, 3.8) is 0 Å². The summed E-state index contributed by atoms with van der Waals surface area (Å²) >= 11 is 0.